The molecule has 0 amide bonds. The van der Waals surface area contributed by atoms with E-state index in [1.54, 1.807) is 12.4 Å². The Balaban J connectivity index is 2.00. The predicted molar refractivity (Wildman–Crippen MR) is 136 cm³/mol. The molecule has 0 radical (unpaired) electrons. The van der Waals surface area contributed by atoms with Crippen molar-refractivity contribution in [2.75, 3.05) is 0 Å². The normalized spacial score (nSPS) is 12.7. The monoisotopic (exact) mass is 457 g/mol. The molecule has 0 aliphatic carbocycles. The van der Waals surface area contributed by atoms with E-state index in [4.69, 9.17) is 4.74 Å². The summed E-state index contributed by atoms with van der Waals surface area (Å²) in [6.45, 7) is 3.91. The molecule has 0 N–H and O–H groups in total. The quantitative estimate of drug-likeness (QED) is 0.241. The zero-order chi connectivity index (χ0) is 24.6. The molecule has 0 saturated heterocycles. The first-order chi connectivity index (χ1) is 17.2. The minimum absolute atomic E-state index is 0.345. The molecule has 2 aromatic heterocycles. The van der Waals surface area contributed by atoms with E-state index in [1.807, 2.05) is 101 Å². The number of imidazole rings is 1. The van der Waals surface area contributed by atoms with Gasteiger partial charge in [-0.2, -0.15) is 10.5 Å². The van der Waals surface area contributed by atoms with Crippen LogP contribution >= 0.6 is 0 Å². The number of allylic oxidation sites excluding steroid dienone is 2. The lowest BCUT2D eigenvalue weighted by Gasteiger charge is -2.22. The van der Waals surface area contributed by atoms with Gasteiger partial charge in [0.1, 0.15) is 17.3 Å². The molecule has 1 unspecified atom stereocenters. The standard InChI is InChI=1S/C29H23N5O/c1-3-34-19-10-15-25(34)27(29-32-18-20-33(29)2)24(21-31)28(23-13-8-5-9-14-23)35-26(16-17-30)22-11-6-4-7-12-22/h3-16,18-20,27H,1H2,2H3/b26-16-,28-24+. The van der Waals surface area contributed by atoms with Crippen LogP contribution in [-0.4, -0.2) is 14.1 Å². The smallest absolute Gasteiger partial charge is 0.149 e. The number of rotatable bonds is 8. The molecule has 0 aliphatic rings. The van der Waals surface area contributed by atoms with Crippen molar-refractivity contribution in [1.29, 1.82) is 10.5 Å². The van der Waals surface area contributed by atoms with E-state index in [1.165, 1.54) is 6.08 Å². The summed E-state index contributed by atoms with van der Waals surface area (Å²) in [7, 11) is 1.89. The average molecular weight is 458 g/mol. The van der Waals surface area contributed by atoms with Gasteiger partial charge in [-0.3, -0.25) is 0 Å². The fourth-order valence-electron chi connectivity index (χ4n) is 3.93. The first-order valence-electron chi connectivity index (χ1n) is 11.0. The van der Waals surface area contributed by atoms with Crippen LogP contribution in [0.4, 0.5) is 0 Å². The largest absolute Gasteiger partial charge is 0.454 e. The molecule has 35 heavy (non-hydrogen) atoms. The third-order valence-electron chi connectivity index (χ3n) is 5.58. The average Bonchev–Trinajstić information content (AvgIpc) is 3.55. The number of nitrogens with zero attached hydrogens (tertiary/aromatic N) is 5. The van der Waals surface area contributed by atoms with E-state index in [9.17, 15) is 10.5 Å². The summed E-state index contributed by atoms with van der Waals surface area (Å²) in [5, 5.41) is 20.0. The van der Waals surface area contributed by atoms with Gasteiger partial charge in [0.15, 0.2) is 0 Å². The summed E-state index contributed by atoms with van der Waals surface area (Å²) >= 11 is 0. The molecule has 4 aromatic rings. The molecule has 0 saturated carbocycles. The summed E-state index contributed by atoms with van der Waals surface area (Å²) in [4.78, 5) is 4.57. The van der Waals surface area contributed by atoms with Crippen LogP contribution in [0.25, 0.3) is 17.7 Å². The number of ether oxygens (including phenoxy) is 1. The number of benzene rings is 2. The Kier molecular flexibility index (Phi) is 7.06. The number of hydrogen-bond donors (Lipinski definition) is 0. The fraction of sp³-hybridized carbons (Fsp3) is 0.0690. The molecule has 170 valence electrons. The zero-order valence-corrected chi connectivity index (χ0v) is 19.2. The SMILES string of the molecule is C=Cn1cccc1C(/C(C#N)=C(/O/C(=C\C#N)c1ccccc1)c1ccccc1)c1nccn1C. The molecule has 0 fully saturated rings. The van der Waals surface area contributed by atoms with Gasteiger partial charge in [0.25, 0.3) is 0 Å². The number of nitriles is 2. The highest BCUT2D eigenvalue weighted by molar-refractivity contribution is 5.76. The van der Waals surface area contributed by atoms with E-state index < -0.39 is 5.92 Å². The molecule has 0 spiro atoms. The fourth-order valence-corrected chi connectivity index (χ4v) is 3.93. The van der Waals surface area contributed by atoms with Gasteiger partial charge in [-0.1, -0.05) is 67.2 Å². The van der Waals surface area contributed by atoms with Gasteiger partial charge in [-0.15, -0.1) is 0 Å². The van der Waals surface area contributed by atoms with Gasteiger partial charge in [0.05, 0.1) is 29.7 Å². The molecule has 2 heterocycles. The highest BCUT2D eigenvalue weighted by atomic mass is 16.5. The predicted octanol–water partition coefficient (Wildman–Crippen LogP) is 5.97. The molecule has 4 rings (SSSR count). The topological polar surface area (TPSA) is 79.6 Å². The van der Waals surface area contributed by atoms with Crippen LogP contribution in [0.15, 0.2) is 110 Å². The molecule has 0 bridgehead atoms. The van der Waals surface area contributed by atoms with Crippen molar-refractivity contribution in [3.63, 3.8) is 0 Å². The Bertz CT molecular complexity index is 1460. The number of hydrogen-bond acceptors (Lipinski definition) is 4. The van der Waals surface area contributed by atoms with Crippen LogP contribution in [-0.2, 0) is 11.8 Å². The van der Waals surface area contributed by atoms with E-state index in [-0.39, 0.29) is 0 Å². The van der Waals surface area contributed by atoms with Crippen LogP contribution in [0, 0.1) is 22.7 Å². The zero-order valence-electron chi connectivity index (χ0n) is 19.2. The van der Waals surface area contributed by atoms with E-state index in [0.29, 0.717) is 28.5 Å². The molecule has 6 heteroatoms. The number of aryl methyl sites for hydroxylation is 1. The molecule has 2 aromatic carbocycles. The van der Waals surface area contributed by atoms with Gasteiger partial charge in [-0.25, -0.2) is 4.98 Å². The maximum absolute atomic E-state index is 10.5. The second-order valence-electron chi connectivity index (χ2n) is 7.68. The van der Waals surface area contributed by atoms with Crippen LogP contribution in [0.2, 0.25) is 0 Å². The summed E-state index contributed by atoms with van der Waals surface area (Å²) < 4.78 is 10.2. The lowest BCUT2D eigenvalue weighted by atomic mass is 9.92. The van der Waals surface area contributed by atoms with Gasteiger partial charge < -0.3 is 13.9 Å². The van der Waals surface area contributed by atoms with Crippen LogP contribution in [0.1, 0.15) is 28.6 Å². The van der Waals surface area contributed by atoms with Crippen molar-refractivity contribution in [2.45, 2.75) is 5.92 Å². The maximum atomic E-state index is 10.5. The second-order valence-corrected chi connectivity index (χ2v) is 7.68. The first kappa shape index (κ1) is 23.1. The van der Waals surface area contributed by atoms with Crippen LogP contribution in [0.5, 0.6) is 0 Å². The summed E-state index contributed by atoms with van der Waals surface area (Å²) in [5.74, 6) is 0.814. The van der Waals surface area contributed by atoms with E-state index >= 15 is 0 Å². The maximum Gasteiger partial charge on any atom is 0.149 e. The second kappa shape index (κ2) is 10.7. The minimum atomic E-state index is -0.553. The van der Waals surface area contributed by atoms with Gasteiger partial charge >= 0.3 is 0 Å². The summed E-state index contributed by atoms with van der Waals surface area (Å²) in [6, 6.07) is 27.1. The van der Waals surface area contributed by atoms with Gasteiger partial charge in [0, 0.05) is 48.7 Å². The minimum Gasteiger partial charge on any atom is -0.454 e. The van der Waals surface area contributed by atoms with Crippen molar-refractivity contribution in [2.24, 2.45) is 7.05 Å². The summed E-state index contributed by atoms with van der Waals surface area (Å²) in [5.41, 5.74) is 2.60. The Labute approximate surface area is 204 Å². The van der Waals surface area contributed by atoms with E-state index in [0.717, 1.165) is 11.3 Å². The van der Waals surface area contributed by atoms with E-state index in [2.05, 4.69) is 23.7 Å². The first-order valence-corrected chi connectivity index (χ1v) is 11.0. The van der Waals surface area contributed by atoms with Crippen LogP contribution < -0.4 is 0 Å². The van der Waals surface area contributed by atoms with Crippen molar-refractivity contribution in [3.8, 4) is 12.1 Å². The molecule has 1 atom stereocenters. The Morgan fingerprint density at radius 1 is 0.971 bits per heavy atom. The molecular formula is C29H23N5O. The molecule has 6 nitrogen and oxygen atoms in total. The van der Waals surface area contributed by atoms with Crippen molar-refractivity contribution >= 4 is 17.7 Å². The Hall–Kier alpha value is -5.07. The van der Waals surface area contributed by atoms with Crippen molar-refractivity contribution in [3.05, 3.63) is 132 Å². The van der Waals surface area contributed by atoms with Gasteiger partial charge in [0.2, 0.25) is 0 Å². The molecule has 0 aliphatic heterocycles. The highest BCUT2D eigenvalue weighted by Crippen LogP contribution is 2.38. The number of aromatic nitrogens is 3. The Morgan fingerprint density at radius 3 is 2.23 bits per heavy atom. The summed E-state index contributed by atoms with van der Waals surface area (Å²) in [6.07, 6.45) is 8.45. The van der Waals surface area contributed by atoms with Crippen LogP contribution in [0.3, 0.4) is 0 Å². The lowest BCUT2D eigenvalue weighted by molar-refractivity contribution is 0.465. The third-order valence-corrected chi connectivity index (χ3v) is 5.58. The van der Waals surface area contributed by atoms with Crippen molar-refractivity contribution in [1.82, 2.24) is 14.1 Å². The lowest BCUT2D eigenvalue weighted by Crippen LogP contribution is -2.15. The molecular weight excluding hydrogens is 434 g/mol. The van der Waals surface area contributed by atoms with Gasteiger partial charge in [-0.05, 0) is 12.1 Å². The van der Waals surface area contributed by atoms with Crippen molar-refractivity contribution < 1.29 is 4.74 Å². The Morgan fingerprint density at radius 2 is 1.66 bits per heavy atom. The third kappa shape index (κ3) is 4.83. The highest BCUT2D eigenvalue weighted by Gasteiger charge is 2.30.